The average Bonchev–Trinajstić information content (AvgIpc) is 3.01. The van der Waals surface area contributed by atoms with Gasteiger partial charge in [-0.05, 0) is 26.3 Å². The smallest absolute Gasteiger partial charge is 0.353 e. The lowest BCUT2D eigenvalue weighted by Crippen LogP contribution is -2.60. The number of amides is 2. The number of hydrogen-bond donors (Lipinski definition) is 3. The minimum atomic E-state index is -1.16. The molecule has 9 heteroatoms. The number of aliphatic hydroxyl groups is 1. The Bertz CT molecular complexity index is 605. The second-order valence-electron chi connectivity index (χ2n) is 6.09. The summed E-state index contributed by atoms with van der Waals surface area (Å²) in [6, 6.07) is -0.394. The first-order valence-corrected chi connectivity index (χ1v) is 8.38. The van der Waals surface area contributed by atoms with Crippen molar-refractivity contribution < 1.29 is 24.6 Å². The fourth-order valence-electron chi connectivity index (χ4n) is 3.49. The second kappa shape index (κ2) is 5.81. The monoisotopic (exact) mass is 341 g/mol. The number of rotatable bonds is 5. The zero-order valence-electron chi connectivity index (χ0n) is 12.6. The molecule has 4 N–H and O–H groups in total. The summed E-state index contributed by atoms with van der Waals surface area (Å²) in [5.41, 5.74) is 5.36. The molecular formula is C14H19N3O5S. The second-order valence-corrected chi connectivity index (χ2v) is 7.30. The zero-order valence-corrected chi connectivity index (χ0v) is 13.5. The molecule has 126 valence electrons. The summed E-state index contributed by atoms with van der Waals surface area (Å²) in [5.74, 6) is -2.53. The highest BCUT2D eigenvalue weighted by molar-refractivity contribution is 8.04. The van der Waals surface area contributed by atoms with Crippen molar-refractivity contribution in [3.8, 4) is 0 Å². The molecule has 8 nitrogen and oxygen atoms in total. The topological polar surface area (TPSA) is 124 Å². The van der Waals surface area contributed by atoms with E-state index in [2.05, 4.69) is 0 Å². The van der Waals surface area contributed by atoms with Crippen molar-refractivity contribution in [3.63, 3.8) is 0 Å². The van der Waals surface area contributed by atoms with Crippen molar-refractivity contribution in [2.75, 3.05) is 13.1 Å². The maximum Gasteiger partial charge on any atom is 0.353 e. The Balaban J connectivity index is 1.83. The van der Waals surface area contributed by atoms with E-state index in [4.69, 9.17) is 5.73 Å². The highest BCUT2D eigenvalue weighted by atomic mass is 32.2. The van der Waals surface area contributed by atoms with Crippen LogP contribution < -0.4 is 5.73 Å². The molecule has 3 aliphatic rings. The highest BCUT2D eigenvalue weighted by Gasteiger charge is 2.57. The molecule has 0 bridgehead atoms. The average molecular weight is 341 g/mol. The third-order valence-electron chi connectivity index (χ3n) is 4.61. The predicted octanol–water partition coefficient (Wildman–Crippen LogP) is -0.856. The van der Waals surface area contributed by atoms with Crippen LogP contribution in [-0.2, 0) is 14.4 Å². The van der Waals surface area contributed by atoms with Crippen molar-refractivity contribution in [1.29, 1.82) is 0 Å². The number of likely N-dealkylation sites (tertiary alicyclic amines) is 1. The SMILES string of the molecule is C[C@@H](O)[C@H]1C(=O)N2C(C(=O)O)=C(CN3CCC[C@H]3C(N)=O)S[C@H]12. The van der Waals surface area contributed by atoms with E-state index < -0.39 is 29.9 Å². The van der Waals surface area contributed by atoms with E-state index in [0.29, 0.717) is 17.9 Å². The summed E-state index contributed by atoms with van der Waals surface area (Å²) < 4.78 is 0. The summed E-state index contributed by atoms with van der Waals surface area (Å²) in [6.07, 6.45) is 0.671. The lowest BCUT2D eigenvalue weighted by atomic mass is 9.92. The number of carbonyl (C=O) groups excluding carboxylic acids is 2. The standard InChI is InChI=1S/C14H19N3O5S/c1-6(18)9-12(20)17-10(14(21)22)8(23-13(9)17)5-16-4-2-3-7(16)11(15)19/h6-7,9,13,18H,2-5H2,1H3,(H2,15,19)(H,21,22)/t6-,7+,9+,13-/m1/s1. The number of carboxylic acids is 1. The third kappa shape index (κ3) is 2.52. The van der Waals surface area contributed by atoms with Gasteiger partial charge in [0, 0.05) is 11.4 Å². The van der Waals surface area contributed by atoms with Gasteiger partial charge in [-0.1, -0.05) is 0 Å². The largest absolute Gasteiger partial charge is 0.477 e. The van der Waals surface area contributed by atoms with Crippen molar-refractivity contribution in [3.05, 3.63) is 10.6 Å². The number of primary amides is 1. The van der Waals surface area contributed by atoms with Gasteiger partial charge in [0.25, 0.3) is 0 Å². The van der Waals surface area contributed by atoms with E-state index in [-0.39, 0.29) is 23.5 Å². The minimum Gasteiger partial charge on any atom is -0.477 e. The number of aliphatic hydroxyl groups excluding tert-OH is 1. The summed E-state index contributed by atoms with van der Waals surface area (Å²) >= 11 is 1.29. The van der Waals surface area contributed by atoms with Crippen LogP contribution in [0.1, 0.15) is 19.8 Å². The molecular weight excluding hydrogens is 322 g/mol. The predicted molar refractivity (Wildman–Crippen MR) is 81.8 cm³/mol. The Morgan fingerprint density at radius 3 is 2.74 bits per heavy atom. The van der Waals surface area contributed by atoms with Gasteiger partial charge < -0.3 is 15.9 Å². The van der Waals surface area contributed by atoms with Gasteiger partial charge >= 0.3 is 5.97 Å². The van der Waals surface area contributed by atoms with Gasteiger partial charge in [0.1, 0.15) is 11.1 Å². The van der Waals surface area contributed by atoms with Crippen LogP contribution in [0.2, 0.25) is 0 Å². The fraction of sp³-hybridized carbons (Fsp3) is 0.643. The molecule has 0 aromatic heterocycles. The van der Waals surface area contributed by atoms with Crippen molar-refractivity contribution in [1.82, 2.24) is 9.80 Å². The molecule has 2 fully saturated rings. The number of hydrogen-bond acceptors (Lipinski definition) is 6. The number of thioether (sulfide) groups is 1. The van der Waals surface area contributed by atoms with Crippen molar-refractivity contribution in [2.24, 2.45) is 11.7 Å². The van der Waals surface area contributed by atoms with E-state index >= 15 is 0 Å². The van der Waals surface area contributed by atoms with Crippen LogP contribution in [-0.4, -0.2) is 68.4 Å². The number of β-lactam (4-membered cyclic amide) rings is 1. The quantitative estimate of drug-likeness (QED) is 0.556. The molecule has 0 saturated carbocycles. The van der Waals surface area contributed by atoms with Gasteiger partial charge in [-0.15, -0.1) is 11.8 Å². The Morgan fingerprint density at radius 2 is 2.17 bits per heavy atom. The van der Waals surface area contributed by atoms with Gasteiger partial charge in [0.05, 0.1) is 18.1 Å². The number of nitrogens with two attached hydrogens (primary N) is 1. The van der Waals surface area contributed by atoms with E-state index in [1.165, 1.54) is 23.6 Å². The highest BCUT2D eigenvalue weighted by Crippen LogP contribution is 2.50. The zero-order chi connectivity index (χ0) is 16.9. The lowest BCUT2D eigenvalue weighted by Gasteiger charge is -2.43. The molecule has 0 aliphatic carbocycles. The van der Waals surface area contributed by atoms with Crippen LogP contribution in [0, 0.1) is 5.92 Å². The molecule has 4 atom stereocenters. The molecule has 3 rings (SSSR count). The van der Waals surface area contributed by atoms with Gasteiger partial charge in [-0.2, -0.15) is 0 Å². The van der Waals surface area contributed by atoms with E-state index in [9.17, 15) is 24.6 Å². The first-order valence-electron chi connectivity index (χ1n) is 7.50. The molecule has 3 heterocycles. The number of nitrogens with zero attached hydrogens (tertiary/aromatic N) is 2. The first kappa shape index (κ1) is 16.3. The Hall–Kier alpha value is -1.58. The van der Waals surface area contributed by atoms with Crippen LogP contribution in [0.15, 0.2) is 10.6 Å². The maximum atomic E-state index is 12.1. The van der Waals surface area contributed by atoms with Crippen LogP contribution in [0.5, 0.6) is 0 Å². The molecule has 0 radical (unpaired) electrons. The van der Waals surface area contributed by atoms with Gasteiger partial charge in [-0.3, -0.25) is 19.4 Å². The first-order chi connectivity index (χ1) is 10.8. The Labute approximate surface area is 137 Å². The van der Waals surface area contributed by atoms with E-state index in [1.54, 1.807) is 0 Å². The van der Waals surface area contributed by atoms with Crippen LogP contribution in [0.25, 0.3) is 0 Å². The third-order valence-corrected chi connectivity index (χ3v) is 5.97. The summed E-state index contributed by atoms with van der Waals surface area (Å²) in [7, 11) is 0. The number of aliphatic carboxylic acids is 1. The van der Waals surface area contributed by atoms with Crippen LogP contribution >= 0.6 is 11.8 Å². The number of fused-ring (bicyclic) bond motifs is 1. The van der Waals surface area contributed by atoms with E-state index in [1.807, 2.05) is 4.90 Å². The molecule has 3 aliphatic heterocycles. The Morgan fingerprint density at radius 1 is 1.48 bits per heavy atom. The summed E-state index contributed by atoms with van der Waals surface area (Å²) in [6.45, 7) is 2.48. The minimum absolute atomic E-state index is 0.0305. The molecule has 0 unspecified atom stereocenters. The van der Waals surface area contributed by atoms with Crippen LogP contribution in [0.3, 0.4) is 0 Å². The maximum absolute atomic E-state index is 12.1. The molecule has 2 saturated heterocycles. The van der Waals surface area contributed by atoms with Gasteiger partial charge in [0.15, 0.2) is 0 Å². The van der Waals surface area contributed by atoms with Crippen molar-refractivity contribution >= 4 is 29.5 Å². The van der Waals surface area contributed by atoms with Gasteiger partial charge in [0.2, 0.25) is 11.8 Å². The molecule has 0 spiro atoms. The summed E-state index contributed by atoms with van der Waals surface area (Å²) in [4.78, 5) is 38.8. The van der Waals surface area contributed by atoms with Crippen molar-refractivity contribution in [2.45, 2.75) is 37.3 Å². The number of carboxylic acid groups (broad SMARTS) is 1. The molecule has 0 aromatic carbocycles. The number of carbonyl (C=O) groups is 3. The summed E-state index contributed by atoms with van der Waals surface area (Å²) in [5, 5.41) is 18.8. The normalized spacial score (nSPS) is 32.0. The molecule has 2 amide bonds. The lowest BCUT2D eigenvalue weighted by molar-refractivity contribution is -0.156. The Kier molecular flexibility index (Phi) is 4.11. The fourth-order valence-corrected chi connectivity index (χ4v) is 5.12. The van der Waals surface area contributed by atoms with Crippen LogP contribution in [0.4, 0.5) is 0 Å². The molecule has 23 heavy (non-hydrogen) atoms. The van der Waals surface area contributed by atoms with Gasteiger partial charge in [-0.25, -0.2) is 4.79 Å². The van der Waals surface area contributed by atoms with E-state index in [0.717, 1.165) is 6.42 Å². The molecule has 0 aromatic rings.